The van der Waals surface area contributed by atoms with Crippen LogP contribution >= 0.6 is 0 Å². The number of benzene rings is 1. The van der Waals surface area contributed by atoms with Gasteiger partial charge in [0.1, 0.15) is 18.1 Å². The SMILES string of the molecule is CC(C)O[C@H]1OC(=O)C[C@@H]1NC(=O)[C@@H]1CCCN2C(=O)CC[C@H](NC(=O)c3ccccc3)C(=O)N12. The average molecular weight is 487 g/mol. The molecule has 1 aromatic rings. The molecule has 11 nitrogen and oxygen atoms in total. The predicted molar refractivity (Wildman–Crippen MR) is 121 cm³/mol. The Kier molecular flexibility index (Phi) is 7.34. The van der Waals surface area contributed by atoms with Crippen molar-refractivity contribution in [2.45, 2.75) is 76.5 Å². The minimum atomic E-state index is -0.968. The van der Waals surface area contributed by atoms with E-state index in [-0.39, 0.29) is 31.3 Å². The Balaban J connectivity index is 1.51. The zero-order valence-corrected chi connectivity index (χ0v) is 19.8. The molecule has 0 aliphatic carbocycles. The highest BCUT2D eigenvalue weighted by Gasteiger charge is 2.46. The summed E-state index contributed by atoms with van der Waals surface area (Å²) in [6, 6.07) is 5.84. The molecule has 2 N–H and O–H groups in total. The summed E-state index contributed by atoms with van der Waals surface area (Å²) in [6.07, 6.45) is -0.154. The number of nitrogens with one attached hydrogen (secondary N) is 2. The zero-order chi connectivity index (χ0) is 25.1. The first-order valence-electron chi connectivity index (χ1n) is 11.9. The van der Waals surface area contributed by atoms with Crippen molar-refractivity contribution in [3.05, 3.63) is 35.9 Å². The molecule has 3 heterocycles. The van der Waals surface area contributed by atoms with Gasteiger partial charge in [-0.2, -0.15) is 0 Å². The van der Waals surface area contributed by atoms with E-state index >= 15 is 0 Å². The molecule has 3 saturated heterocycles. The lowest BCUT2D eigenvalue weighted by Crippen LogP contribution is -2.64. The second-order valence-electron chi connectivity index (χ2n) is 9.15. The summed E-state index contributed by atoms with van der Waals surface area (Å²) in [5.41, 5.74) is 0.391. The number of hydrogen-bond acceptors (Lipinski definition) is 7. The molecule has 188 valence electrons. The van der Waals surface area contributed by atoms with Crippen molar-refractivity contribution in [1.82, 2.24) is 20.7 Å². The fourth-order valence-corrected chi connectivity index (χ4v) is 4.56. The van der Waals surface area contributed by atoms with Crippen LogP contribution in [0.25, 0.3) is 0 Å². The van der Waals surface area contributed by atoms with Gasteiger partial charge in [-0.3, -0.25) is 29.0 Å². The third kappa shape index (κ3) is 5.45. The van der Waals surface area contributed by atoms with Crippen molar-refractivity contribution in [2.75, 3.05) is 6.54 Å². The van der Waals surface area contributed by atoms with Crippen molar-refractivity contribution in [3.63, 3.8) is 0 Å². The fourth-order valence-electron chi connectivity index (χ4n) is 4.56. The van der Waals surface area contributed by atoms with Crippen molar-refractivity contribution in [3.8, 4) is 0 Å². The second-order valence-corrected chi connectivity index (χ2v) is 9.15. The Morgan fingerprint density at radius 3 is 2.54 bits per heavy atom. The van der Waals surface area contributed by atoms with Gasteiger partial charge in [0.15, 0.2) is 0 Å². The van der Waals surface area contributed by atoms with Gasteiger partial charge in [0.05, 0.1) is 12.5 Å². The Morgan fingerprint density at radius 2 is 1.83 bits per heavy atom. The van der Waals surface area contributed by atoms with Gasteiger partial charge in [0.25, 0.3) is 11.8 Å². The predicted octanol–water partition coefficient (Wildman–Crippen LogP) is 0.496. The van der Waals surface area contributed by atoms with Gasteiger partial charge in [0, 0.05) is 18.5 Å². The highest BCUT2D eigenvalue weighted by atomic mass is 16.7. The molecule has 0 aromatic heterocycles. The summed E-state index contributed by atoms with van der Waals surface area (Å²) in [6.45, 7) is 3.88. The topological polar surface area (TPSA) is 134 Å². The number of hydrogen-bond donors (Lipinski definition) is 2. The molecule has 1 aromatic carbocycles. The Labute approximate surface area is 203 Å². The molecule has 3 aliphatic rings. The summed E-state index contributed by atoms with van der Waals surface area (Å²) in [5.74, 6) is -2.23. The lowest BCUT2D eigenvalue weighted by Gasteiger charge is -2.43. The summed E-state index contributed by atoms with van der Waals surface area (Å²) >= 11 is 0. The monoisotopic (exact) mass is 486 g/mol. The number of fused-ring (bicyclic) bond motifs is 1. The molecule has 0 bridgehead atoms. The number of rotatable bonds is 6. The van der Waals surface area contributed by atoms with Crippen molar-refractivity contribution in [2.24, 2.45) is 0 Å². The minimum absolute atomic E-state index is 0.0534. The lowest BCUT2D eigenvalue weighted by atomic mass is 10.0. The van der Waals surface area contributed by atoms with E-state index in [0.717, 1.165) is 0 Å². The van der Waals surface area contributed by atoms with E-state index in [0.29, 0.717) is 24.9 Å². The normalized spacial score (nSPS) is 26.8. The Bertz CT molecular complexity index is 999. The van der Waals surface area contributed by atoms with Crippen LogP contribution in [0, 0.1) is 0 Å². The fraction of sp³-hybridized carbons (Fsp3) is 0.542. The molecule has 35 heavy (non-hydrogen) atoms. The zero-order valence-electron chi connectivity index (χ0n) is 19.8. The number of carbonyl (C=O) groups excluding carboxylic acids is 5. The molecule has 11 heteroatoms. The van der Waals surface area contributed by atoms with E-state index in [9.17, 15) is 24.0 Å². The lowest BCUT2D eigenvalue weighted by molar-refractivity contribution is -0.179. The van der Waals surface area contributed by atoms with Crippen LogP contribution in [0.3, 0.4) is 0 Å². The molecule has 0 saturated carbocycles. The quantitative estimate of drug-likeness (QED) is 0.559. The maximum atomic E-state index is 13.5. The van der Waals surface area contributed by atoms with Crippen LogP contribution in [-0.4, -0.2) is 76.7 Å². The molecular weight excluding hydrogens is 456 g/mol. The number of ether oxygens (including phenoxy) is 2. The molecule has 4 amide bonds. The Hall–Kier alpha value is -3.47. The third-order valence-electron chi connectivity index (χ3n) is 6.20. The number of cyclic esters (lactones) is 1. The smallest absolute Gasteiger partial charge is 0.310 e. The van der Waals surface area contributed by atoms with Gasteiger partial charge in [-0.05, 0) is 45.2 Å². The van der Waals surface area contributed by atoms with E-state index < -0.39 is 48.1 Å². The van der Waals surface area contributed by atoms with Crippen molar-refractivity contribution < 1.29 is 33.4 Å². The van der Waals surface area contributed by atoms with Gasteiger partial charge in [-0.1, -0.05) is 18.2 Å². The summed E-state index contributed by atoms with van der Waals surface area (Å²) in [5, 5.41) is 7.99. The molecule has 3 fully saturated rings. The van der Waals surface area contributed by atoms with Gasteiger partial charge in [-0.25, -0.2) is 5.01 Å². The number of nitrogens with zero attached hydrogens (tertiary/aromatic N) is 2. The Morgan fingerprint density at radius 1 is 1.09 bits per heavy atom. The first kappa shape index (κ1) is 24.6. The minimum Gasteiger partial charge on any atom is -0.433 e. The molecule has 0 spiro atoms. The number of amides is 4. The van der Waals surface area contributed by atoms with Crippen LogP contribution in [-0.2, 0) is 28.7 Å². The van der Waals surface area contributed by atoms with E-state index in [1.54, 1.807) is 44.2 Å². The van der Waals surface area contributed by atoms with Gasteiger partial charge in [-0.15, -0.1) is 0 Å². The van der Waals surface area contributed by atoms with Crippen molar-refractivity contribution in [1.29, 1.82) is 0 Å². The molecule has 3 aliphatic heterocycles. The highest BCUT2D eigenvalue weighted by Crippen LogP contribution is 2.26. The first-order valence-corrected chi connectivity index (χ1v) is 11.9. The van der Waals surface area contributed by atoms with Crippen LogP contribution in [0.2, 0.25) is 0 Å². The average Bonchev–Trinajstić information content (AvgIpc) is 3.12. The largest absolute Gasteiger partial charge is 0.433 e. The van der Waals surface area contributed by atoms with E-state index in [4.69, 9.17) is 9.47 Å². The van der Waals surface area contributed by atoms with Crippen LogP contribution in [0.5, 0.6) is 0 Å². The van der Waals surface area contributed by atoms with Gasteiger partial charge in [0.2, 0.25) is 18.1 Å². The summed E-state index contributed by atoms with van der Waals surface area (Å²) in [4.78, 5) is 64.2. The highest BCUT2D eigenvalue weighted by molar-refractivity contribution is 5.99. The van der Waals surface area contributed by atoms with Crippen LogP contribution in [0.4, 0.5) is 0 Å². The van der Waals surface area contributed by atoms with Crippen LogP contribution < -0.4 is 10.6 Å². The van der Waals surface area contributed by atoms with Gasteiger partial charge < -0.3 is 20.1 Å². The number of carbonyl (C=O) groups is 5. The second kappa shape index (κ2) is 10.4. The number of hydrazine groups is 1. The maximum Gasteiger partial charge on any atom is 0.310 e. The van der Waals surface area contributed by atoms with E-state index in [2.05, 4.69) is 10.6 Å². The molecule has 4 rings (SSSR count). The summed E-state index contributed by atoms with van der Waals surface area (Å²) in [7, 11) is 0. The van der Waals surface area contributed by atoms with E-state index in [1.807, 2.05) is 0 Å². The van der Waals surface area contributed by atoms with Crippen LogP contribution in [0.15, 0.2) is 30.3 Å². The standard InChI is InChI=1S/C24H30N4O7/c1-14(2)34-24-17(13-20(30)35-24)26-22(32)18-9-6-12-27-19(29)11-10-16(23(33)28(18)27)25-21(31)15-7-4-3-5-8-15/h3-5,7-8,14,16-18,24H,6,9-13H2,1-2H3,(H,25,31)(H,26,32)/t16-,17-,18-,24-/m0/s1. The van der Waals surface area contributed by atoms with Crippen LogP contribution in [0.1, 0.15) is 56.3 Å². The van der Waals surface area contributed by atoms with Crippen molar-refractivity contribution >= 4 is 29.6 Å². The summed E-state index contributed by atoms with van der Waals surface area (Å²) < 4.78 is 10.8. The molecule has 0 unspecified atom stereocenters. The number of esters is 1. The van der Waals surface area contributed by atoms with E-state index in [1.165, 1.54) is 10.0 Å². The van der Waals surface area contributed by atoms with Gasteiger partial charge >= 0.3 is 5.97 Å². The molecule has 4 atom stereocenters. The first-order chi connectivity index (χ1) is 16.7. The molecular formula is C24H30N4O7. The molecule has 0 radical (unpaired) electrons. The third-order valence-corrected chi connectivity index (χ3v) is 6.20. The maximum absolute atomic E-state index is 13.5.